The number of ether oxygens (including phenoxy) is 1. The number of aryl methyl sites for hydroxylation is 1. The van der Waals surface area contributed by atoms with E-state index in [2.05, 4.69) is 0 Å². The Hall–Kier alpha value is -1.31. The number of carbonyl (C=O) groups excluding carboxylic acids is 1. The number of rotatable bonds is 4. The van der Waals surface area contributed by atoms with Gasteiger partial charge in [0.2, 0.25) is 0 Å². The summed E-state index contributed by atoms with van der Waals surface area (Å²) >= 11 is 0. The minimum Gasteiger partial charge on any atom is -0.496 e. The molecule has 1 aromatic rings. The van der Waals surface area contributed by atoms with E-state index in [9.17, 15) is 4.79 Å². The molecular formula is C17H22O2. The van der Waals surface area contributed by atoms with Gasteiger partial charge in [-0.2, -0.15) is 0 Å². The monoisotopic (exact) mass is 258 g/mol. The second-order valence-corrected chi connectivity index (χ2v) is 6.27. The lowest BCUT2D eigenvalue weighted by Crippen LogP contribution is -2.16. The molecule has 2 aliphatic rings. The van der Waals surface area contributed by atoms with Crippen molar-refractivity contribution in [1.29, 1.82) is 0 Å². The molecule has 2 fully saturated rings. The van der Waals surface area contributed by atoms with Crippen molar-refractivity contribution in [3.8, 4) is 5.75 Å². The summed E-state index contributed by atoms with van der Waals surface area (Å²) in [6.45, 7) is 2.02. The van der Waals surface area contributed by atoms with Crippen LogP contribution in [0.15, 0.2) is 18.2 Å². The zero-order valence-corrected chi connectivity index (χ0v) is 11.8. The molecule has 0 aliphatic heterocycles. The molecular weight excluding hydrogens is 236 g/mol. The first-order valence-electron chi connectivity index (χ1n) is 7.35. The van der Waals surface area contributed by atoms with Crippen molar-refractivity contribution in [2.24, 2.45) is 17.8 Å². The SMILES string of the molecule is COc1ccc(C)cc1C(=O)CC1CC2CCC1C2. The molecule has 2 bridgehead atoms. The van der Waals surface area contributed by atoms with Gasteiger partial charge in [-0.1, -0.05) is 18.1 Å². The van der Waals surface area contributed by atoms with Crippen LogP contribution in [0.2, 0.25) is 0 Å². The Bertz CT molecular complexity index is 492. The van der Waals surface area contributed by atoms with Crippen molar-refractivity contribution in [3.05, 3.63) is 29.3 Å². The number of benzene rings is 1. The van der Waals surface area contributed by atoms with Gasteiger partial charge in [-0.3, -0.25) is 4.79 Å². The van der Waals surface area contributed by atoms with E-state index in [1.165, 1.54) is 25.7 Å². The summed E-state index contributed by atoms with van der Waals surface area (Å²) in [5, 5.41) is 0. The summed E-state index contributed by atoms with van der Waals surface area (Å²) < 4.78 is 5.33. The summed E-state index contributed by atoms with van der Waals surface area (Å²) in [5.74, 6) is 3.32. The molecule has 2 heteroatoms. The van der Waals surface area contributed by atoms with Crippen molar-refractivity contribution < 1.29 is 9.53 Å². The van der Waals surface area contributed by atoms with Gasteiger partial charge in [0, 0.05) is 6.42 Å². The Kier molecular flexibility index (Phi) is 3.34. The topological polar surface area (TPSA) is 26.3 Å². The second kappa shape index (κ2) is 4.99. The first kappa shape index (κ1) is 12.7. The minimum absolute atomic E-state index is 0.262. The summed E-state index contributed by atoms with van der Waals surface area (Å²) in [5.41, 5.74) is 1.89. The fourth-order valence-corrected chi connectivity index (χ4v) is 4.01. The van der Waals surface area contributed by atoms with Crippen molar-refractivity contribution in [1.82, 2.24) is 0 Å². The fraction of sp³-hybridized carbons (Fsp3) is 0.588. The zero-order valence-electron chi connectivity index (χ0n) is 11.8. The third kappa shape index (κ3) is 2.41. The molecule has 0 heterocycles. The highest BCUT2D eigenvalue weighted by Gasteiger charge is 2.40. The Labute approximate surface area is 115 Å². The summed E-state index contributed by atoms with van der Waals surface area (Å²) in [6.07, 6.45) is 6.07. The van der Waals surface area contributed by atoms with Gasteiger partial charge in [-0.05, 0) is 56.1 Å². The van der Waals surface area contributed by atoms with Crippen LogP contribution in [-0.4, -0.2) is 12.9 Å². The number of carbonyl (C=O) groups is 1. The van der Waals surface area contributed by atoms with Gasteiger partial charge in [0.25, 0.3) is 0 Å². The minimum atomic E-state index is 0.262. The molecule has 0 N–H and O–H groups in total. The molecule has 3 atom stereocenters. The van der Waals surface area contributed by atoms with Crippen molar-refractivity contribution in [2.75, 3.05) is 7.11 Å². The average Bonchev–Trinajstić information content (AvgIpc) is 3.01. The Morgan fingerprint density at radius 3 is 2.79 bits per heavy atom. The number of hydrogen-bond donors (Lipinski definition) is 0. The molecule has 2 aliphatic carbocycles. The van der Waals surface area contributed by atoms with Crippen molar-refractivity contribution >= 4 is 5.78 Å². The molecule has 3 unspecified atom stereocenters. The Balaban J connectivity index is 1.75. The van der Waals surface area contributed by atoms with Crippen LogP contribution in [0, 0.1) is 24.7 Å². The molecule has 1 aromatic carbocycles. The van der Waals surface area contributed by atoms with E-state index in [-0.39, 0.29) is 5.78 Å². The highest BCUT2D eigenvalue weighted by Crippen LogP contribution is 2.49. The van der Waals surface area contributed by atoms with Crippen LogP contribution in [0.4, 0.5) is 0 Å². The third-order valence-electron chi connectivity index (χ3n) is 4.99. The molecule has 0 amide bonds. The van der Waals surface area contributed by atoms with E-state index in [4.69, 9.17) is 4.74 Å². The largest absolute Gasteiger partial charge is 0.496 e. The second-order valence-electron chi connectivity index (χ2n) is 6.27. The molecule has 3 rings (SSSR count). The quantitative estimate of drug-likeness (QED) is 0.763. The number of hydrogen-bond acceptors (Lipinski definition) is 2. The average molecular weight is 258 g/mol. The van der Waals surface area contributed by atoms with Crippen LogP contribution >= 0.6 is 0 Å². The maximum atomic E-state index is 12.5. The normalized spacial score (nSPS) is 28.6. The lowest BCUT2D eigenvalue weighted by Gasteiger charge is -2.21. The van der Waals surface area contributed by atoms with Gasteiger partial charge in [0.05, 0.1) is 12.7 Å². The van der Waals surface area contributed by atoms with Gasteiger partial charge >= 0.3 is 0 Å². The van der Waals surface area contributed by atoms with E-state index < -0.39 is 0 Å². The first-order valence-corrected chi connectivity index (χ1v) is 7.35. The van der Waals surface area contributed by atoms with Crippen LogP contribution in [-0.2, 0) is 0 Å². The summed E-state index contributed by atoms with van der Waals surface area (Å²) in [6, 6.07) is 5.87. The lowest BCUT2D eigenvalue weighted by molar-refractivity contribution is 0.0941. The summed E-state index contributed by atoms with van der Waals surface area (Å²) in [7, 11) is 1.64. The lowest BCUT2D eigenvalue weighted by atomic mass is 9.84. The van der Waals surface area contributed by atoms with Gasteiger partial charge in [-0.15, -0.1) is 0 Å². The zero-order chi connectivity index (χ0) is 13.4. The van der Waals surface area contributed by atoms with Crippen LogP contribution in [0.25, 0.3) is 0 Å². The maximum Gasteiger partial charge on any atom is 0.166 e. The number of methoxy groups -OCH3 is 1. The molecule has 0 aromatic heterocycles. The molecule has 2 nitrogen and oxygen atoms in total. The smallest absolute Gasteiger partial charge is 0.166 e. The van der Waals surface area contributed by atoms with Gasteiger partial charge in [0.1, 0.15) is 5.75 Å². The maximum absolute atomic E-state index is 12.5. The van der Waals surface area contributed by atoms with E-state index in [0.29, 0.717) is 12.3 Å². The van der Waals surface area contributed by atoms with Gasteiger partial charge < -0.3 is 4.74 Å². The Morgan fingerprint density at radius 1 is 1.32 bits per heavy atom. The van der Waals surface area contributed by atoms with Crippen molar-refractivity contribution in [2.45, 2.75) is 39.0 Å². The van der Waals surface area contributed by atoms with E-state index in [1.54, 1.807) is 7.11 Å². The van der Waals surface area contributed by atoms with Gasteiger partial charge in [0.15, 0.2) is 5.78 Å². The van der Waals surface area contributed by atoms with Crippen LogP contribution in [0.1, 0.15) is 48.0 Å². The molecule has 0 saturated heterocycles. The van der Waals surface area contributed by atoms with E-state index in [0.717, 1.165) is 28.7 Å². The first-order chi connectivity index (χ1) is 9.17. The molecule has 19 heavy (non-hydrogen) atoms. The van der Waals surface area contributed by atoms with E-state index in [1.807, 2.05) is 25.1 Å². The number of Topliss-reactive ketones (excluding diaryl/α,β-unsaturated/α-hetero) is 1. The standard InChI is InChI=1S/C17H22O2/c1-11-3-6-17(19-2)15(7-11)16(18)10-14-9-12-4-5-13(14)8-12/h3,6-7,12-14H,4-5,8-10H2,1-2H3. The number of ketones is 1. The summed E-state index contributed by atoms with van der Waals surface area (Å²) in [4.78, 5) is 12.5. The predicted octanol–water partition coefficient (Wildman–Crippen LogP) is 4.01. The number of fused-ring (bicyclic) bond motifs is 2. The third-order valence-corrected chi connectivity index (χ3v) is 4.99. The molecule has 0 radical (unpaired) electrons. The highest BCUT2D eigenvalue weighted by molar-refractivity contribution is 5.99. The van der Waals surface area contributed by atoms with Crippen LogP contribution in [0.3, 0.4) is 0 Å². The fourth-order valence-electron chi connectivity index (χ4n) is 4.01. The van der Waals surface area contributed by atoms with E-state index >= 15 is 0 Å². The van der Waals surface area contributed by atoms with Crippen LogP contribution in [0.5, 0.6) is 5.75 Å². The van der Waals surface area contributed by atoms with Crippen molar-refractivity contribution in [3.63, 3.8) is 0 Å². The molecule has 102 valence electrons. The molecule has 0 spiro atoms. The predicted molar refractivity (Wildman–Crippen MR) is 75.6 cm³/mol. The molecule has 2 saturated carbocycles. The van der Waals surface area contributed by atoms with Crippen LogP contribution < -0.4 is 4.74 Å². The Morgan fingerprint density at radius 2 is 2.16 bits per heavy atom. The van der Waals surface area contributed by atoms with Gasteiger partial charge in [-0.25, -0.2) is 0 Å². The highest BCUT2D eigenvalue weighted by atomic mass is 16.5.